The molecule has 0 aromatic carbocycles. The Labute approximate surface area is 81.6 Å². The fourth-order valence-corrected chi connectivity index (χ4v) is 1.29. The molecular weight excluding hydrogens is 184 g/mol. The molecule has 0 fully saturated rings. The Hall–Kier alpha value is -1.49. The summed E-state index contributed by atoms with van der Waals surface area (Å²) in [7, 11) is 0. The first-order valence-electron chi connectivity index (χ1n) is 4.29. The van der Waals surface area contributed by atoms with Crippen LogP contribution < -0.4 is 0 Å². The third-order valence-corrected chi connectivity index (χ3v) is 1.87. The van der Waals surface area contributed by atoms with Crippen molar-refractivity contribution in [1.82, 2.24) is 4.98 Å². The van der Waals surface area contributed by atoms with E-state index in [4.69, 9.17) is 5.11 Å². The van der Waals surface area contributed by atoms with E-state index in [9.17, 15) is 10.1 Å². The summed E-state index contributed by atoms with van der Waals surface area (Å²) < 4.78 is 0. The monoisotopic (exact) mass is 196 g/mol. The van der Waals surface area contributed by atoms with Crippen molar-refractivity contribution in [2.24, 2.45) is 0 Å². The van der Waals surface area contributed by atoms with Crippen molar-refractivity contribution in [3.8, 4) is 0 Å². The molecule has 0 saturated carbocycles. The van der Waals surface area contributed by atoms with E-state index in [2.05, 4.69) is 4.98 Å². The first-order chi connectivity index (χ1) is 6.52. The van der Waals surface area contributed by atoms with Gasteiger partial charge in [-0.25, -0.2) is 0 Å². The highest BCUT2D eigenvalue weighted by Gasteiger charge is 2.18. The van der Waals surface area contributed by atoms with Crippen LogP contribution in [-0.2, 0) is 6.42 Å². The largest absolute Gasteiger partial charge is 0.393 e. The summed E-state index contributed by atoms with van der Waals surface area (Å²) >= 11 is 0. The minimum Gasteiger partial charge on any atom is -0.393 e. The van der Waals surface area contributed by atoms with Gasteiger partial charge in [0.25, 0.3) is 5.69 Å². The molecule has 0 spiro atoms. The first-order valence-corrected chi connectivity index (χ1v) is 4.29. The zero-order valence-electron chi connectivity index (χ0n) is 8.10. The van der Waals surface area contributed by atoms with Crippen molar-refractivity contribution >= 4 is 5.69 Å². The van der Waals surface area contributed by atoms with Gasteiger partial charge in [0.05, 0.1) is 11.0 Å². The van der Waals surface area contributed by atoms with Crippen molar-refractivity contribution in [2.45, 2.75) is 26.4 Å². The van der Waals surface area contributed by atoms with E-state index in [1.807, 2.05) is 0 Å². The highest BCUT2D eigenvalue weighted by Crippen LogP contribution is 2.21. The Kier molecular flexibility index (Phi) is 3.14. The van der Waals surface area contributed by atoms with Gasteiger partial charge in [-0.05, 0) is 19.9 Å². The zero-order chi connectivity index (χ0) is 10.7. The molecular formula is C9H12N2O3. The molecule has 1 rings (SSSR count). The number of pyridine rings is 1. The van der Waals surface area contributed by atoms with Gasteiger partial charge >= 0.3 is 0 Å². The minimum absolute atomic E-state index is 0.00778. The fourth-order valence-electron chi connectivity index (χ4n) is 1.29. The standard InChI is InChI=1S/C9H12N2O3/c1-6-3-4-10-8(5-7(2)12)9(6)11(13)14/h3-4,7,12H,5H2,1-2H3. The Bertz CT molecular complexity index is 350. The normalized spacial score (nSPS) is 12.5. The molecule has 1 atom stereocenters. The first kappa shape index (κ1) is 10.6. The number of aliphatic hydroxyl groups is 1. The van der Waals surface area contributed by atoms with Crippen LogP contribution in [0.5, 0.6) is 0 Å². The van der Waals surface area contributed by atoms with Crippen LogP contribution in [0.15, 0.2) is 12.3 Å². The maximum atomic E-state index is 10.7. The number of hydrogen-bond donors (Lipinski definition) is 1. The molecule has 1 heterocycles. The topological polar surface area (TPSA) is 76.3 Å². The van der Waals surface area contributed by atoms with Gasteiger partial charge in [0, 0.05) is 18.2 Å². The second kappa shape index (κ2) is 4.15. The van der Waals surface area contributed by atoms with Crippen LogP contribution >= 0.6 is 0 Å². The maximum Gasteiger partial charge on any atom is 0.293 e. The highest BCUT2D eigenvalue weighted by molar-refractivity contribution is 5.43. The van der Waals surface area contributed by atoms with Gasteiger partial charge in [-0.15, -0.1) is 0 Å². The molecule has 0 aliphatic carbocycles. The fraction of sp³-hybridized carbons (Fsp3) is 0.444. The van der Waals surface area contributed by atoms with E-state index < -0.39 is 11.0 Å². The van der Waals surface area contributed by atoms with E-state index >= 15 is 0 Å². The lowest BCUT2D eigenvalue weighted by Gasteiger charge is -2.05. The summed E-state index contributed by atoms with van der Waals surface area (Å²) in [5, 5.41) is 19.8. The molecule has 14 heavy (non-hydrogen) atoms. The van der Waals surface area contributed by atoms with Crippen LogP contribution in [0.2, 0.25) is 0 Å². The van der Waals surface area contributed by atoms with Crippen LogP contribution in [0.1, 0.15) is 18.2 Å². The lowest BCUT2D eigenvalue weighted by molar-refractivity contribution is -0.386. The lowest BCUT2D eigenvalue weighted by atomic mass is 10.1. The van der Waals surface area contributed by atoms with Crippen LogP contribution in [-0.4, -0.2) is 21.1 Å². The Morgan fingerprint density at radius 2 is 2.36 bits per heavy atom. The molecule has 0 aliphatic rings. The summed E-state index contributed by atoms with van der Waals surface area (Å²) in [4.78, 5) is 14.1. The lowest BCUT2D eigenvalue weighted by Crippen LogP contribution is -2.09. The van der Waals surface area contributed by atoms with Gasteiger partial charge in [-0.1, -0.05) is 0 Å². The molecule has 76 valence electrons. The molecule has 1 aromatic heterocycles. The van der Waals surface area contributed by atoms with E-state index in [1.54, 1.807) is 19.9 Å². The van der Waals surface area contributed by atoms with Crippen LogP contribution in [0.3, 0.4) is 0 Å². The third kappa shape index (κ3) is 2.26. The predicted octanol–water partition coefficient (Wildman–Crippen LogP) is 1.22. The average molecular weight is 196 g/mol. The van der Waals surface area contributed by atoms with Crippen LogP contribution in [0.4, 0.5) is 5.69 Å². The number of hydrogen-bond acceptors (Lipinski definition) is 4. The average Bonchev–Trinajstić information content (AvgIpc) is 2.01. The van der Waals surface area contributed by atoms with Crippen molar-refractivity contribution in [3.05, 3.63) is 33.6 Å². The van der Waals surface area contributed by atoms with Gasteiger partial charge in [0.15, 0.2) is 0 Å². The number of nitro groups is 1. The van der Waals surface area contributed by atoms with Gasteiger partial charge in [0.2, 0.25) is 0 Å². The van der Waals surface area contributed by atoms with Crippen molar-refractivity contribution in [1.29, 1.82) is 0 Å². The molecule has 0 radical (unpaired) electrons. The molecule has 0 saturated heterocycles. The van der Waals surface area contributed by atoms with Crippen molar-refractivity contribution < 1.29 is 10.0 Å². The van der Waals surface area contributed by atoms with Gasteiger partial charge in [-0.3, -0.25) is 15.1 Å². The number of aryl methyl sites for hydroxylation is 1. The number of nitrogens with zero attached hydrogens (tertiary/aromatic N) is 2. The molecule has 1 aromatic rings. The Morgan fingerprint density at radius 3 is 2.86 bits per heavy atom. The summed E-state index contributed by atoms with van der Waals surface area (Å²) in [6.45, 7) is 3.24. The molecule has 0 amide bonds. The van der Waals surface area contributed by atoms with E-state index in [0.29, 0.717) is 11.3 Å². The summed E-state index contributed by atoms with van der Waals surface area (Å²) in [6, 6.07) is 1.59. The minimum atomic E-state index is -0.622. The quantitative estimate of drug-likeness (QED) is 0.582. The SMILES string of the molecule is Cc1ccnc(CC(C)O)c1[N+](=O)[O-]. The zero-order valence-corrected chi connectivity index (χ0v) is 8.10. The summed E-state index contributed by atoms with van der Waals surface area (Å²) in [5.74, 6) is 0. The van der Waals surface area contributed by atoms with Gasteiger partial charge < -0.3 is 5.11 Å². The van der Waals surface area contributed by atoms with Gasteiger partial charge in [0.1, 0.15) is 5.69 Å². The Balaban J connectivity index is 3.14. The van der Waals surface area contributed by atoms with E-state index in [1.165, 1.54) is 6.20 Å². The summed E-state index contributed by atoms with van der Waals surface area (Å²) in [6.07, 6.45) is 1.10. The smallest absolute Gasteiger partial charge is 0.293 e. The molecule has 5 heteroatoms. The van der Waals surface area contributed by atoms with E-state index in [-0.39, 0.29) is 12.1 Å². The van der Waals surface area contributed by atoms with E-state index in [0.717, 1.165) is 0 Å². The highest BCUT2D eigenvalue weighted by atomic mass is 16.6. The number of rotatable bonds is 3. The Morgan fingerprint density at radius 1 is 1.71 bits per heavy atom. The molecule has 1 unspecified atom stereocenters. The third-order valence-electron chi connectivity index (χ3n) is 1.87. The maximum absolute atomic E-state index is 10.7. The van der Waals surface area contributed by atoms with Crippen LogP contribution in [0, 0.1) is 17.0 Å². The second-order valence-electron chi connectivity index (χ2n) is 3.23. The van der Waals surface area contributed by atoms with Crippen molar-refractivity contribution in [2.75, 3.05) is 0 Å². The molecule has 5 nitrogen and oxygen atoms in total. The van der Waals surface area contributed by atoms with Crippen LogP contribution in [0.25, 0.3) is 0 Å². The predicted molar refractivity (Wildman–Crippen MR) is 51.0 cm³/mol. The number of aromatic nitrogens is 1. The molecule has 1 N–H and O–H groups in total. The number of aliphatic hydroxyl groups excluding tert-OH is 1. The second-order valence-corrected chi connectivity index (χ2v) is 3.23. The molecule has 0 aliphatic heterocycles. The van der Waals surface area contributed by atoms with Gasteiger partial charge in [-0.2, -0.15) is 0 Å². The molecule has 0 bridgehead atoms. The summed E-state index contributed by atoms with van der Waals surface area (Å²) in [5.41, 5.74) is 0.916. The van der Waals surface area contributed by atoms with Crippen molar-refractivity contribution in [3.63, 3.8) is 0 Å².